The maximum atomic E-state index is 14.1. The number of imide groups is 2. The van der Waals surface area contributed by atoms with E-state index in [1.165, 1.54) is 0 Å². The highest BCUT2D eigenvalue weighted by Crippen LogP contribution is 2.44. The molecule has 2 saturated heterocycles. The number of benzene rings is 4. The Morgan fingerprint density at radius 1 is 0.318 bits per heavy atom. The largest absolute Gasteiger partial charge is 0.274 e. The van der Waals surface area contributed by atoms with Crippen LogP contribution in [0.5, 0.6) is 0 Å². The molecule has 0 spiro atoms. The number of nitrogens with zero attached hydrogens (tertiary/aromatic N) is 2. The molecule has 356 valence electrons. The van der Waals surface area contributed by atoms with Crippen molar-refractivity contribution in [2.45, 2.75) is 52.4 Å². The van der Waals surface area contributed by atoms with Crippen molar-refractivity contribution in [2.24, 2.45) is 23.7 Å². The molecular formula is C40H22F20N2O4. The van der Waals surface area contributed by atoms with Gasteiger partial charge in [-0.3, -0.25) is 19.2 Å². The highest BCUT2D eigenvalue weighted by Gasteiger charge is 2.51. The molecule has 0 radical (unpaired) electrons. The lowest BCUT2D eigenvalue weighted by Crippen LogP contribution is -2.33. The fraction of sp³-hybridized carbons (Fsp3) is 0.300. The summed E-state index contributed by atoms with van der Waals surface area (Å²) in [6.45, 7) is 3.98. The summed E-state index contributed by atoms with van der Waals surface area (Å²) in [5, 5.41) is 0. The van der Waals surface area contributed by atoms with Gasteiger partial charge in [-0.05, 0) is 24.7 Å². The number of halogens is 20. The van der Waals surface area contributed by atoms with Crippen LogP contribution in [0.1, 0.15) is 63.5 Å². The van der Waals surface area contributed by atoms with Gasteiger partial charge in [0.2, 0.25) is 46.9 Å². The molecule has 4 amide bonds. The van der Waals surface area contributed by atoms with Crippen molar-refractivity contribution in [1.29, 1.82) is 0 Å². The Hall–Kier alpha value is -6.24. The van der Waals surface area contributed by atoms with Crippen LogP contribution in [0.25, 0.3) is 0 Å². The molecule has 4 aromatic rings. The number of rotatable bonds is 8. The molecule has 66 heavy (non-hydrogen) atoms. The summed E-state index contributed by atoms with van der Waals surface area (Å²) in [7, 11) is 0. The van der Waals surface area contributed by atoms with Crippen molar-refractivity contribution in [3.8, 4) is 0 Å². The first-order valence-corrected chi connectivity index (χ1v) is 18.3. The molecular weight excluding hydrogens is 952 g/mol. The quantitative estimate of drug-likeness (QED) is 0.0763. The highest BCUT2D eigenvalue weighted by atomic mass is 19.2. The molecule has 0 bridgehead atoms. The molecule has 5 unspecified atom stereocenters. The molecule has 2 aliphatic heterocycles. The highest BCUT2D eigenvalue weighted by molar-refractivity contribution is 6.22. The number of carbonyl (C=O) groups is 4. The minimum atomic E-state index is -2.53. The molecule has 26 heteroatoms. The summed E-state index contributed by atoms with van der Waals surface area (Å²) in [6, 6.07) is 0. The van der Waals surface area contributed by atoms with Crippen LogP contribution in [-0.2, 0) is 19.2 Å². The normalized spacial score (nSPS) is 19.6. The molecule has 0 N–H and O–H groups in total. The Balaban J connectivity index is 0.000000247. The lowest BCUT2D eigenvalue weighted by atomic mass is 9.84. The van der Waals surface area contributed by atoms with Gasteiger partial charge in [-0.25, -0.2) is 97.6 Å². The third-order valence-corrected chi connectivity index (χ3v) is 11.0. The molecule has 0 aliphatic carbocycles. The zero-order chi connectivity index (χ0) is 50.2. The monoisotopic (exact) mass is 974 g/mol. The van der Waals surface area contributed by atoms with E-state index in [4.69, 9.17) is 0 Å². The lowest BCUT2D eigenvalue weighted by molar-refractivity contribution is -0.124. The Morgan fingerprint density at radius 2 is 0.500 bits per heavy atom. The summed E-state index contributed by atoms with van der Waals surface area (Å²) >= 11 is 0. The zero-order valence-corrected chi connectivity index (χ0v) is 33.0. The number of hydrogen-bond acceptors (Lipinski definition) is 4. The van der Waals surface area contributed by atoms with Gasteiger partial charge in [0.1, 0.15) is 11.4 Å². The molecule has 0 aromatic heterocycles. The lowest BCUT2D eigenvalue weighted by Gasteiger charge is -2.20. The van der Waals surface area contributed by atoms with Gasteiger partial charge in [0.05, 0.1) is 11.8 Å². The fourth-order valence-electron chi connectivity index (χ4n) is 7.46. The second kappa shape index (κ2) is 18.2. The van der Waals surface area contributed by atoms with E-state index in [0.717, 1.165) is 27.7 Å². The van der Waals surface area contributed by atoms with Crippen LogP contribution in [0.2, 0.25) is 0 Å². The second-order valence-corrected chi connectivity index (χ2v) is 14.9. The number of carbonyl (C=O) groups excluding carboxylic acids is 4. The first kappa shape index (κ1) is 50.8. The van der Waals surface area contributed by atoms with Gasteiger partial charge in [0.25, 0.3) is 0 Å². The van der Waals surface area contributed by atoms with Gasteiger partial charge in [-0.1, -0.05) is 27.7 Å². The standard InChI is InChI=1S/2C20H11F10NO2/c2*1-4(7-8(21)10(23)12(25)11(24)9(7)22)3-6-5(2)19(32)31(20(6)33)18-16(29)14(27)13(26)15(28)17(18)30/h2*4-6H,3H2,1-2H3/t4?,5-,6?;/m0./s1. The molecule has 0 saturated carbocycles. The van der Waals surface area contributed by atoms with Crippen molar-refractivity contribution in [1.82, 2.24) is 0 Å². The minimum absolute atomic E-state index is 0.281. The van der Waals surface area contributed by atoms with Crippen LogP contribution in [0.4, 0.5) is 99.2 Å². The van der Waals surface area contributed by atoms with E-state index in [-0.39, 0.29) is 9.80 Å². The van der Waals surface area contributed by atoms with Gasteiger partial charge in [0, 0.05) is 23.0 Å². The Bertz CT molecular complexity index is 2470. The fourth-order valence-corrected chi connectivity index (χ4v) is 7.46. The van der Waals surface area contributed by atoms with Crippen molar-refractivity contribution in [3.05, 3.63) is 127 Å². The van der Waals surface area contributed by atoms with E-state index in [1.807, 2.05) is 0 Å². The molecule has 6 rings (SSSR count). The van der Waals surface area contributed by atoms with Crippen molar-refractivity contribution in [2.75, 3.05) is 9.80 Å². The van der Waals surface area contributed by atoms with Crippen LogP contribution >= 0.6 is 0 Å². The average Bonchev–Trinajstić information content (AvgIpc) is 3.60. The maximum Gasteiger partial charge on any atom is 0.237 e. The third-order valence-electron chi connectivity index (χ3n) is 11.0. The van der Waals surface area contributed by atoms with Crippen molar-refractivity contribution < 1.29 is 107 Å². The summed E-state index contributed by atoms with van der Waals surface area (Å²) in [5.74, 6) is -62.3. The number of amides is 4. The number of hydrogen-bond donors (Lipinski definition) is 0. The van der Waals surface area contributed by atoms with E-state index in [1.54, 1.807) is 0 Å². The van der Waals surface area contributed by atoms with Gasteiger partial charge in [-0.2, -0.15) is 0 Å². The zero-order valence-electron chi connectivity index (χ0n) is 33.0. The van der Waals surface area contributed by atoms with Gasteiger partial charge in [-0.15, -0.1) is 0 Å². The average molecular weight is 975 g/mol. The van der Waals surface area contributed by atoms with Crippen LogP contribution in [0, 0.1) is 140 Å². The predicted octanol–water partition coefficient (Wildman–Crippen LogP) is 10.8. The molecule has 4 aromatic carbocycles. The summed E-state index contributed by atoms with van der Waals surface area (Å²) < 4.78 is 274. The van der Waals surface area contributed by atoms with E-state index >= 15 is 0 Å². The molecule has 2 fully saturated rings. The maximum absolute atomic E-state index is 14.1. The minimum Gasteiger partial charge on any atom is -0.274 e. The van der Waals surface area contributed by atoms with Gasteiger partial charge in [0.15, 0.2) is 93.1 Å². The number of anilines is 2. The van der Waals surface area contributed by atoms with Gasteiger partial charge < -0.3 is 0 Å². The van der Waals surface area contributed by atoms with Crippen molar-refractivity contribution in [3.63, 3.8) is 0 Å². The SMILES string of the molecule is CC(CC1C(=O)N(c2c(F)c(F)c(F)c(F)c2F)C(=O)C1C)c1c(F)c(F)c(F)c(F)c1F.CC(CC1C(=O)N(c2c(F)c(F)c(F)c(F)c2F)C(=O)[C@H]1C)c1c(F)c(F)c(F)c(F)c1F. The Kier molecular flexibility index (Phi) is 14.0. The molecule has 6 nitrogen and oxygen atoms in total. The Labute approximate surface area is 355 Å². The van der Waals surface area contributed by atoms with E-state index in [0.29, 0.717) is 0 Å². The van der Waals surface area contributed by atoms with Crippen LogP contribution in [0.15, 0.2) is 0 Å². The van der Waals surface area contributed by atoms with Crippen LogP contribution in [0.3, 0.4) is 0 Å². The van der Waals surface area contributed by atoms with E-state index in [2.05, 4.69) is 0 Å². The third kappa shape index (κ3) is 7.87. The molecule has 2 heterocycles. The van der Waals surface area contributed by atoms with Crippen LogP contribution < -0.4 is 9.80 Å². The van der Waals surface area contributed by atoms with Gasteiger partial charge >= 0.3 is 0 Å². The molecule has 6 atom stereocenters. The summed E-state index contributed by atoms with van der Waals surface area (Å²) in [5.41, 5.74) is -6.26. The Morgan fingerprint density at radius 3 is 0.712 bits per heavy atom. The first-order chi connectivity index (χ1) is 30.5. The van der Waals surface area contributed by atoms with Crippen LogP contribution in [-0.4, -0.2) is 23.6 Å². The first-order valence-electron chi connectivity index (χ1n) is 18.3. The summed E-state index contributed by atoms with van der Waals surface area (Å²) in [6.07, 6.45) is -1.51. The predicted molar refractivity (Wildman–Crippen MR) is 181 cm³/mol. The van der Waals surface area contributed by atoms with Crippen molar-refractivity contribution >= 4 is 35.0 Å². The molecule has 2 aliphatic rings. The van der Waals surface area contributed by atoms with E-state index in [9.17, 15) is 107 Å². The smallest absolute Gasteiger partial charge is 0.237 e. The van der Waals surface area contributed by atoms with E-state index < -0.39 is 211 Å². The summed E-state index contributed by atoms with van der Waals surface area (Å²) in [4.78, 5) is 49.8. The topological polar surface area (TPSA) is 74.8 Å². The second-order valence-electron chi connectivity index (χ2n) is 14.9.